The van der Waals surface area contributed by atoms with Crippen molar-refractivity contribution in [3.8, 4) is 0 Å². The van der Waals surface area contributed by atoms with Gasteiger partial charge in [-0.05, 0) is 31.2 Å². The highest BCUT2D eigenvalue weighted by Gasteiger charge is 2.26. The molecular weight excluding hydrogens is 284 g/mol. The van der Waals surface area contributed by atoms with E-state index in [0.29, 0.717) is 12.1 Å². The van der Waals surface area contributed by atoms with Gasteiger partial charge in [0, 0.05) is 12.1 Å². The maximum absolute atomic E-state index is 12.9. The van der Waals surface area contributed by atoms with Crippen molar-refractivity contribution in [3.63, 3.8) is 0 Å². The number of amides is 1. The van der Waals surface area contributed by atoms with Gasteiger partial charge in [0.1, 0.15) is 6.04 Å². The molecule has 1 unspecified atom stereocenters. The number of benzene rings is 1. The fourth-order valence-electron chi connectivity index (χ4n) is 4.01. The third-order valence-electron chi connectivity index (χ3n) is 5.35. The van der Waals surface area contributed by atoms with Crippen molar-refractivity contribution in [1.29, 1.82) is 0 Å². The Bertz CT molecular complexity index is 476. The van der Waals surface area contributed by atoms with E-state index in [0.717, 1.165) is 18.4 Å². The number of hydrogen-bond donors (Lipinski definition) is 2. The highest BCUT2D eigenvalue weighted by molar-refractivity contribution is 5.83. The Hall–Kier alpha value is -1.35. The normalized spacial score (nSPS) is 21.7. The maximum Gasteiger partial charge on any atom is 0.241 e. The Balaban J connectivity index is 1.67. The monoisotopic (exact) mass is 314 g/mol. The van der Waals surface area contributed by atoms with Crippen LogP contribution in [0.2, 0.25) is 0 Å². The van der Waals surface area contributed by atoms with Gasteiger partial charge in [-0.1, -0.05) is 68.9 Å². The average Bonchev–Trinajstić information content (AvgIpc) is 2.62. The third kappa shape index (κ3) is 4.81. The summed E-state index contributed by atoms with van der Waals surface area (Å²) in [5, 5.41) is 6.96. The molecule has 0 bridgehead atoms. The standard InChI is InChI=1S/C20H30N2O/c23-20(22-18-14-8-3-9-15-18)19(16-10-4-1-5-11-16)21-17-12-6-2-7-13-17/h1,4-5,10-11,17-19,21H,2-3,6-9,12-15H2,(H,22,23). The largest absolute Gasteiger partial charge is 0.352 e. The van der Waals surface area contributed by atoms with E-state index < -0.39 is 0 Å². The van der Waals surface area contributed by atoms with Crippen LogP contribution in [0.15, 0.2) is 30.3 Å². The van der Waals surface area contributed by atoms with Crippen molar-refractivity contribution in [2.45, 2.75) is 82.3 Å². The zero-order chi connectivity index (χ0) is 15.9. The second-order valence-electron chi connectivity index (χ2n) is 7.19. The quantitative estimate of drug-likeness (QED) is 0.859. The summed E-state index contributed by atoms with van der Waals surface area (Å²) in [7, 11) is 0. The molecule has 23 heavy (non-hydrogen) atoms. The maximum atomic E-state index is 12.9. The molecule has 2 aliphatic rings. The van der Waals surface area contributed by atoms with Gasteiger partial charge in [0.15, 0.2) is 0 Å². The Kier molecular flexibility index (Phi) is 6.09. The molecule has 2 saturated carbocycles. The van der Waals surface area contributed by atoms with Crippen LogP contribution in [-0.2, 0) is 4.79 Å². The molecule has 0 aliphatic heterocycles. The Morgan fingerprint density at radius 2 is 1.39 bits per heavy atom. The SMILES string of the molecule is O=C(NC1CCCCC1)C(NC1CCCCC1)c1ccccc1. The molecule has 1 aromatic rings. The van der Waals surface area contributed by atoms with E-state index in [1.54, 1.807) is 0 Å². The smallest absolute Gasteiger partial charge is 0.241 e. The van der Waals surface area contributed by atoms with Crippen LogP contribution in [0, 0.1) is 0 Å². The molecule has 1 aromatic carbocycles. The first-order chi connectivity index (χ1) is 11.3. The van der Waals surface area contributed by atoms with Gasteiger partial charge in [-0.2, -0.15) is 0 Å². The second-order valence-corrected chi connectivity index (χ2v) is 7.19. The molecule has 1 amide bonds. The van der Waals surface area contributed by atoms with Crippen LogP contribution in [0.3, 0.4) is 0 Å². The van der Waals surface area contributed by atoms with Gasteiger partial charge < -0.3 is 5.32 Å². The number of carbonyl (C=O) groups excluding carboxylic acids is 1. The van der Waals surface area contributed by atoms with Gasteiger partial charge in [0.2, 0.25) is 5.91 Å². The molecule has 0 spiro atoms. The molecule has 1 atom stereocenters. The van der Waals surface area contributed by atoms with Crippen molar-refractivity contribution in [2.75, 3.05) is 0 Å². The zero-order valence-corrected chi connectivity index (χ0v) is 14.1. The first kappa shape index (κ1) is 16.5. The lowest BCUT2D eigenvalue weighted by Gasteiger charge is -2.30. The van der Waals surface area contributed by atoms with E-state index in [1.807, 2.05) is 18.2 Å². The molecule has 0 aromatic heterocycles. The predicted molar refractivity (Wildman–Crippen MR) is 94.2 cm³/mol. The summed E-state index contributed by atoms with van der Waals surface area (Å²) in [5.74, 6) is 0.161. The van der Waals surface area contributed by atoms with E-state index in [4.69, 9.17) is 0 Å². The van der Waals surface area contributed by atoms with Gasteiger partial charge in [-0.3, -0.25) is 10.1 Å². The molecule has 2 N–H and O–H groups in total. The molecule has 0 heterocycles. The number of nitrogens with one attached hydrogen (secondary N) is 2. The minimum absolute atomic E-state index is 0.161. The van der Waals surface area contributed by atoms with Crippen LogP contribution in [0.5, 0.6) is 0 Å². The summed E-state index contributed by atoms with van der Waals surface area (Å²) >= 11 is 0. The molecule has 3 rings (SSSR count). The number of rotatable bonds is 5. The molecular formula is C20H30N2O. The Morgan fingerprint density at radius 1 is 0.826 bits per heavy atom. The highest BCUT2D eigenvalue weighted by Crippen LogP contribution is 2.23. The number of hydrogen-bond acceptors (Lipinski definition) is 2. The van der Waals surface area contributed by atoms with Gasteiger partial charge in [-0.25, -0.2) is 0 Å². The summed E-state index contributed by atoms with van der Waals surface area (Å²) in [6, 6.07) is 10.8. The summed E-state index contributed by atoms with van der Waals surface area (Å²) in [4.78, 5) is 12.9. The van der Waals surface area contributed by atoms with Crippen molar-refractivity contribution in [3.05, 3.63) is 35.9 Å². The van der Waals surface area contributed by atoms with Gasteiger partial charge in [-0.15, -0.1) is 0 Å². The Labute approximate surface area is 140 Å². The van der Waals surface area contributed by atoms with Crippen molar-refractivity contribution in [1.82, 2.24) is 10.6 Å². The molecule has 0 saturated heterocycles. The summed E-state index contributed by atoms with van der Waals surface area (Å²) in [6.45, 7) is 0. The summed E-state index contributed by atoms with van der Waals surface area (Å²) < 4.78 is 0. The lowest BCUT2D eigenvalue weighted by Crippen LogP contribution is -2.46. The van der Waals surface area contributed by atoms with Crippen molar-refractivity contribution in [2.24, 2.45) is 0 Å². The van der Waals surface area contributed by atoms with Crippen molar-refractivity contribution >= 4 is 5.91 Å². The van der Waals surface area contributed by atoms with E-state index in [9.17, 15) is 4.79 Å². The minimum Gasteiger partial charge on any atom is -0.352 e. The average molecular weight is 314 g/mol. The number of carbonyl (C=O) groups is 1. The topological polar surface area (TPSA) is 41.1 Å². The van der Waals surface area contributed by atoms with E-state index in [1.165, 1.54) is 51.4 Å². The fraction of sp³-hybridized carbons (Fsp3) is 0.650. The van der Waals surface area contributed by atoms with Crippen LogP contribution in [0.25, 0.3) is 0 Å². The lowest BCUT2D eigenvalue weighted by molar-refractivity contribution is -0.124. The van der Waals surface area contributed by atoms with Crippen molar-refractivity contribution < 1.29 is 4.79 Å². The summed E-state index contributed by atoms with van der Waals surface area (Å²) in [5.41, 5.74) is 1.09. The van der Waals surface area contributed by atoms with E-state index >= 15 is 0 Å². The van der Waals surface area contributed by atoms with Crippen LogP contribution in [0.4, 0.5) is 0 Å². The van der Waals surface area contributed by atoms with Crippen LogP contribution < -0.4 is 10.6 Å². The highest BCUT2D eigenvalue weighted by atomic mass is 16.2. The zero-order valence-electron chi connectivity index (χ0n) is 14.1. The molecule has 2 fully saturated rings. The predicted octanol–water partition coefficient (Wildman–Crippen LogP) is 4.10. The lowest BCUT2D eigenvalue weighted by atomic mass is 9.93. The van der Waals surface area contributed by atoms with Crippen LogP contribution in [-0.4, -0.2) is 18.0 Å². The molecule has 126 valence electrons. The van der Waals surface area contributed by atoms with Crippen LogP contribution >= 0.6 is 0 Å². The Morgan fingerprint density at radius 3 is 2.00 bits per heavy atom. The first-order valence-electron chi connectivity index (χ1n) is 9.44. The van der Waals surface area contributed by atoms with Gasteiger partial charge in [0.25, 0.3) is 0 Å². The van der Waals surface area contributed by atoms with Gasteiger partial charge in [0.05, 0.1) is 0 Å². The first-order valence-corrected chi connectivity index (χ1v) is 9.44. The van der Waals surface area contributed by atoms with E-state index in [2.05, 4.69) is 22.8 Å². The van der Waals surface area contributed by atoms with Gasteiger partial charge >= 0.3 is 0 Å². The minimum atomic E-state index is -0.207. The molecule has 0 radical (unpaired) electrons. The second kappa shape index (κ2) is 8.49. The molecule has 2 aliphatic carbocycles. The fourth-order valence-corrected chi connectivity index (χ4v) is 4.01. The third-order valence-corrected chi connectivity index (χ3v) is 5.35. The van der Waals surface area contributed by atoms with Crippen LogP contribution in [0.1, 0.15) is 75.8 Å². The summed E-state index contributed by atoms with van der Waals surface area (Å²) in [6.07, 6.45) is 12.4. The molecule has 3 heteroatoms. The van der Waals surface area contributed by atoms with E-state index in [-0.39, 0.29) is 11.9 Å². The molecule has 3 nitrogen and oxygen atoms in total.